The van der Waals surface area contributed by atoms with Crippen molar-refractivity contribution in [1.29, 1.82) is 0 Å². The molecule has 6 heteroatoms. The third-order valence-electron chi connectivity index (χ3n) is 3.64. The van der Waals surface area contributed by atoms with E-state index in [0.29, 0.717) is 6.04 Å². The lowest BCUT2D eigenvalue weighted by atomic mass is 10.2. The van der Waals surface area contributed by atoms with Crippen LogP contribution in [0.25, 0.3) is 11.0 Å². The Balaban J connectivity index is 1.62. The van der Waals surface area contributed by atoms with Crippen LogP contribution in [0, 0.1) is 0 Å². The van der Waals surface area contributed by atoms with Crippen molar-refractivity contribution in [3.63, 3.8) is 0 Å². The van der Waals surface area contributed by atoms with Crippen LogP contribution in [0.15, 0.2) is 30.6 Å². The first-order chi connectivity index (χ1) is 10.1. The first-order valence-corrected chi connectivity index (χ1v) is 7.14. The number of nitrogens with zero attached hydrogens (tertiary/aromatic N) is 2. The molecule has 21 heavy (non-hydrogen) atoms. The standard InChI is InChI=1S/C15H18N4O2/c1-10(15(21)16-8-14(20)18-11-6-7-11)19-9-17-12-4-2-3-5-13(12)19/h2-5,9-11H,6-8H2,1H3,(H,16,21)(H,18,20). The minimum absolute atomic E-state index is 0.0201. The smallest absolute Gasteiger partial charge is 0.243 e. The summed E-state index contributed by atoms with van der Waals surface area (Å²) in [6.07, 6.45) is 3.73. The summed E-state index contributed by atoms with van der Waals surface area (Å²) in [7, 11) is 0. The van der Waals surface area contributed by atoms with E-state index in [0.717, 1.165) is 23.9 Å². The number of para-hydroxylation sites is 2. The van der Waals surface area contributed by atoms with Crippen LogP contribution in [0.3, 0.4) is 0 Å². The molecule has 1 saturated carbocycles. The molecule has 1 fully saturated rings. The van der Waals surface area contributed by atoms with Crippen molar-refractivity contribution in [1.82, 2.24) is 20.2 Å². The average molecular weight is 286 g/mol. The summed E-state index contributed by atoms with van der Waals surface area (Å²) >= 11 is 0. The molecule has 0 bridgehead atoms. The summed E-state index contributed by atoms with van der Waals surface area (Å²) in [6.45, 7) is 1.81. The minimum Gasteiger partial charge on any atom is -0.352 e. The molecule has 1 aliphatic carbocycles. The number of rotatable bonds is 5. The second-order valence-electron chi connectivity index (χ2n) is 5.38. The summed E-state index contributed by atoms with van der Waals surface area (Å²) in [5, 5.41) is 5.51. The molecule has 6 nitrogen and oxygen atoms in total. The molecule has 0 spiro atoms. The van der Waals surface area contributed by atoms with Crippen molar-refractivity contribution in [2.75, 3.05) is 6.54 Å². The number of carbonyl (C=O) groups is 2. The maximum absolute atomic E-state index is 12.2. The zero-order chi connectivity index (χ0) is 14.8. The lowest BCUT2D eigenvalue weighted by Gasteiger charge is -2.14. The van der Waals surface area contributed by atoms with Gasteiger partial charge in [0.2, 0.25) is 11.8 Å². The van der Waals surface area contributed by atoms with Gasteiger partial charge in [0.15, 0.2) is 0 Å². The zero-order valence-corrected chi connectivity index (χ0v) is 11.9. The molecule has 110 valence electrons. The van der Waals surface area contributed by atoms with Gasteiger partial charge in [-0.25, -0.2) is 4.98 Å². The van der Waals surface area contributed by atoms with Gasteiger partial charge < -0.3 is 15.2 Å². The van der Waals surface area contributed by atoms with E-state index in [1.54, 1.807) is 13.3 Å². The summed E-state index contributed by atoms with van der Waals surface area (Å²) in [4.78, 5) is 28.0. The molecule has 1 unspecified atom stereocenters. The van der Waals surface area contributed by atoms with E-state index in [1.165, 1.54) is 0 Å². The first-order valence-electron chi connectivity index (χ1n) is 7.14. The van der Waals surface area contributed by atoms with Crippen LogP contribution in [0.5, 0.6) is 0 Å². The van der Waals surface area contributed by atoms with Gasteiger partial charge in [0.05, 0.1) is 23.9 Å². The summed E-state index contributed by atoms with van der Waals surface area (Å²) in [6, 6.07) is 7.54. The van der Waals surface area contributed by atoms with Gasteiger partial charge in [0, 0.05) is 6.04 Å². The Hall–Kier alpha value is -2.37. The minimum atomic E-state index is -0.411. The van der Waals surface area contributed by atoms with Gasteiger partial charge in [0.1, 0.15) is 6.04 Å². The molecule has 1 atom stereocenters. The number of benzene rings is 1. The molecule has 3 rings (SSSR count). The molecule has 2 N–H and O–H groups in total. The van der Waals surface area contributed by atoms with Gasteiger partial charge >= 0.3 is 0 Å². The number of amides is 2. The predicted molar refractivity (Wildman–Crippen MR) is 78.6 cm³/mol. The fourth-order valence-corrected chi connectivity index (χ4v) is 2.23. The quantitative estimate of drug-likeness (QED) is 0.860. The Kier molecular flexibility index (Phi) is 3.60. The van der Waals surface area contributed by atoms with Crippen molar-refractivity contribution < 1.29 is 9.59 Å². The molecular weight excluding hydrogens is 268 g/mol. The first kappa shape index (κ1) is 13.6. The van der Waals surface area contributed by atoms with E-state index in [1.807, 2.05) is 28.8 Å². The summed E-state index contributed by atoms with van der Waals surface area (Å²) in [5.41, 5.74) is 1.76. The lowest BCUT2D eigenvalue weighted by molar-refractivity contribution is -0.127. The molecule has 2 aromatic rings. The molecule has 1 aromatic carbocycles. The van der Waals surface area contributed by atoms with Gasteiger partial charge in [-0.05, 0) is 31.9 Å². The van der Waals surface area contributed by atoms with Crippen LogP contribution in [-0.4, -0.2) is 34.0 Å². The van der Waals surface area contributed by atoms with Crippen LogP contribution in [0.4, 0.5) is 0 Å². The van der Waals surface area contributed by atoms with Gasteiger partial charge in [0.25, 0.3) is 0 Å². The number of aromatic nitrogens is 2. The highest BCUT2D eigenvalue weighted by Gasteiger charge is 2.24. The van der Waals surface area contributed by atoms with Crippen LogP contribution in [0.2, 0.25) is 0 Å². The van der Waals surface area contributed by atoms with E-state index >= 15 is 0 Å². The van der Waals surface area contributed by atoms with E-state index in [9.17, 15) is 9.59 Å². The molecule has 0 aliphatic heterocycles. The monoisotopic (exact) mass is 286 g/mol. The molecule has 0 radical (unpaired) electrons. The van der Waals surface area contributed by atoms with Gasteiger partial charge in [-0.3, -0.25) is 9.59 Å². The van der Waals surface area contributed by atoms with E-state index in [-0.39, 0.29) is 18.4 Å². The summed E-state index contributed by atoms with van der Waals surface area (Å²) < 4.78 is 1.81. The number of carbonyl (C=O) groups excluding carboxylic acids is 2. The normalized spacial score (nSPS) is 15.7. The van der Waals surface area contributed by atoms with Crippen LogP contribution >= 0.6 is 0 Å². The van der Waals surface area contributed by atoms with Crippen molar-refractivity contribution >= 4 is 22.8 Å². The lowest BCUT2D eigenvalue weighted by Crippen LogP contribution is -2.40. The van der Waals surface area contributed by atoms with Crippen LogP contribution in [0.1, 0.15) is 25.8 Å². The van der Waals surface area contributed by atoms with Crippen molar-refractivity contribution in [2.24, 2.45) is 0 Å². The largest absolute Gasteiger partial charge is 0.352 e. The third-order valence-corrected chi connectivity index (χ3v) is 3.64. The molecule has 1 aromatic heterocycles. The molecule has 0 saturated heterocycles. The highest BCUT2D eigenvalue weighted by atomic mass is 16.2. The van der Waals surface area contributed by atoms with Gasteiger partial charge in [-0.1, -0.05) is 12.1 Å². The van der Waals surface area contributed by atoms with Gasteiger partial charge in [-0.15, -0.1) is 0 Å². The molecular formula is C15H18N4O2. The zero-order valence-electron chi connectivity index (χ0n) is 11.9. The van der Waals surface area contributed by atoms with Crippen molar-refractivity contribution in [3.8, 4) is 0 Å². The highest BCUT2D eigenvalue weighted by Crippen LogP contribution is 2.18. The second kappa shape index (κ2) is 5.55. The predicted octanol–water partition coefficient (Wildman–Crippen LogP) is 0.992. The Morgan fingerprint density at radius 2 is 2.14 bits per heavy atom. The fourth-order valence-electron chi connectivity index (χ4n) is 2.23. The average Bonchev–Trinajstić information content (AvgIpc) is 3.19. The Labute approximate surface area is 122 Å². The number of hydrogen-bond acceptors (Lipinski definition) is 3. The van der Waals surface area contributed by atoms with E-state index < -0.39 is 6.04 Å². The number of hydrogen-bond donors (Lipinski definition) is 2. The fraction of sp³-hybridized carbons (Fsp3) is 0.400. The maximum Gasteiger partial charge on any atom is 0.243 e. The van der Waals surface area contributed by atoms with Crippen molar-refractivity contribution in [2.45, 2.75) is 31.8 Å². The Bertz CT molecular complexity index is 675. The number of nitrogens with one attached hydrogen (secondary N) is 2. The van der Waals surface area contributed by atoms with Crippen LogP contribution in [-0.2, 0) is 9.59 Å². The van der Waals surface area contributed by atoms with Gasteiger partial charge in [-0.2, -0.15) is 0 Å². The topological polar surface area (TPSA) is 76.0 Å². The number of imidazole rings is 1. The maximum atomic E-state index is 12.2. The van der Waals surface area contributed by atoms with Crippen LogP contribution < -0.4 is 10.6 Å². The third kappa shape index (κ3) is 3.04. The molecule has 1 aliphatic rings. The van der Waals surface area contributed by atoms with E-state index in [2.05, 4.69) is 15.6 Å². The Morgan fingerprint density at radius 1 is 1.38 bits per heavy atom. The number of fused-ring (bicyclic) bond motifs is 1. The van der Waals surface area contributed by atoms with Crippen molar-refractivity contribution in [3.05, 3.63) is 30.6 Å². The van der Waals surface area contributed by atoms with E-state index in [4.69, 9.17) is 0 Å². The summed E-state index contributed by atoms with van der Waals surface area (Å²) in [5.74, 6) is -0.322. The molecule has 2 amide bonds. The second-order valence-corrected chi connectivity index (χ2v) is 5.38. The SMILES string of the molecule is CC(C(=O)NCC(=O)NC1CC1)n1cnc2ccccc21. The Morgan fingerprint density at radius 3 is 2.90 bits per heavy atom. The molecule has 1 heterocycles. The highest BCUT2D eigenvalue weighted by molar-refractivity contribution is 5.88.